The van der Waals surface area contributed by atoms with Gasteiger partial charge >= 0.3 is 6.18 Å². The van der Waals surface area contributed by atoms with Gasteiger partial charge in [-0.3, -0.25) is 0 Å². The highest BCUT2D eigenvalue weighted by Gasteiger charge is 2.30. The number of nitrogens with zero attached hydrogens (tertiary/aromatic N) is 2. The van der Waals surface area contributed by atoms with Crippen LogP contribution in [0.2, 0.25) is 0 Å². The zero-order valence-electron chi connectivity index (χ0n) is 14.6. The largest absolute Gasteiger partial charge is 0.416 e. The van der Waals surface area contributed by atoms with Crippen LogP contribution < -0.4 is 5.32 Å². The summed E-state index contributed by atoms with van der Waals surface area (Å²) in [6.45, 7) is 4.84. The molecule has 0 aliphatic rings. The lowest BCUT2D eigenvalue weighted by atomic mass is 10.1. The monoisotopic (exact) mass is 359 g/mol. The fraction of sp³-hybridized carbons (Fsp3) is 0.250. The number of para-hydroxylation sites is 1. The predicted octanol–water partition coefficient (Wildman–Crippen LogP) is 4.80. The Morgan fingerprint density at radius 1 is 0.962 bits per heavy atom. The fourth-order valence-corrected chi connectivity index (χ4v) is 2.94. The van der Waals surface area contributed by atoms with Crippen LogP contribution >= 0.6 is 0 Å². The Bertz CT molecular complexity index is 883. The summed E-state index contributed by atoms with van der Waals surface area (Å²) in [5.41, 5.74) is 3.94. The molecule has 1 N–H and O–H groups in total. The van der Waals surface area contributed by atoms with Crippen LogP contribution in [0.5, 0.6) is 0 Å². The molecule has 0 amide bonds. The summed E-state index contributed by atoms with van der Waals surface area (Å²) >= 11 is 0. The minimum Gasteiger partial charge on any atom is -0.308 e. The lowest BCUT2D eigenvalue weighted by Gasteiger charge is -2.10. The van der Waals surface area contributed by atoms with E-state index in [-0.39, 0.29) is 0 Å². The number of alkyl halides is 3. The van der Waals surface area contributed by atoms with Crippen molar-refractivity contribution in [2.45, 2.75) is 33.1 Å². The number of hydrogen-bond acceptors (Lipinski definition) is 2. The number of hydrogen-bond donors (Lipinski definition) is 1. The molecule has 0 saturated carbocycles. The summed E-state index contributed by atoms with van der Waals surface area (Å²) < 4.78 is 40.3. The molecule has 26 heavy (non-hydrogen) atoms. The van der Waals surface area contributed by atoms with E-state index in [9.17, 15) is 13.2 Å². The van der Waals surface area contributed by atoms with Crippen LogP contribution in [0.3, 0.4) is 0 Å². The van der Waals surface area contributed by atoms with Gasteiger partial charge in [-0.1, -0.05) is 36.4 Å². The van der Waals surface area contributed by atoms with Gasteiger partial charge in [0.25, 0.3) is 0 Å². The van der Waals surface area contributed by atoms with Gasteiger partial charge in [0.2, 0.25) is 0 Å². The second kappa shape index (κ2) is 7.33. The summed E-state index contributed by atoms with van der Waals surface area (Å²) in [5, 5.41) is 7.80. The first-order valence-electron chi connectivity index (χ1n) is 8.33. The van der Waals surface area contributed by atoms with Gasteiger partial charge in [-0.25, -0.2) is 4.68 Å². The van der Waals surface area contributed by atoms with Crippen molar-refractivity contribution in [1.82, 2.24) is 15.1 Å². The van der Waals surface area contributed by atoms with Gasteiger partial charge in [0.15, 0.2) is 0 Å². The van der Waals surface area contributed by atoms with E-state index in [1.165, 1.54) is 12.1 Å². The molecule has 0 aliphatic carbocycles. The SMILES string of the molecule is Cc1nn(-c2ccccc2)c(C)c1CNCc1cccc(C(F)(F)F)c1. The standard InChI is InChI=1S/C20H20F3N3/c1-14-19(15(2)26(25-14)18-9-4-3-5-10-18)13-24-12-16-7-6-8-17(11-16)20(21,22)23/h3-11,24H,12-13H2,1-2H3. The molecular weight excluding hydrogens is 339 g/mol. The Morgan fingerprint density at radius 3 is 2.38 bits per heavy atom. The topological polar surface area (TPSA) is 29.9 Å². The van der Waals surface area contributed by atoms with Crippen molar-refractivity contribution in [1.29, 1.82) is 0 Å². The third kappa shape index (κ3) is 3.96. The van der Waals surface area contributed by atoms with E-state index in [4.69, 9.17) is 0 Å². The average Bonchev–Trinajstić information content (AvgIpc) is 2.90. The molecule has 3 aromatic rings. The van der Waals surface area contributed by atoms with Gasteiger partial charge in [-0.05, 0) is 37.6 Å². The van der Waals surface area contributed by atoms with E-state index >= 15 is 0 Å². The Balaban J connectivity index is 1.70. The number of benzene rings is 2. The summed E-state index contributed by atoms with van der Waals surface area (Å²) in [4.78, 5) is 0. The molecule has 0 radical (unpaired) electrons. The van der Waals surface area contributed by atoms with Crippen LogP contribution in [0.25, 0.3) is 5.69 Å². The van der Waals surface area contributed by atoms with Gasteiger partial charge < -0.3 is 5.32 Å². The van der Waals surface area contributed by atoms with E-state index in [1.807, 2.05) is 48.9 Å². The molecule has 2 aromatic carbocycles. The second-order valence-corrected chi connectivity index (χ2v) is 6.20. The minimum absolute atomic E-state index is 0.360. The molecule has 1 heterocycles. The van der Waals surface area contributed by atoms with Crippen LogP contribution in [0.1, 0.15) is 28.1 Å². The molecule has 136 valence electrons. The number of nitrogens with one attached hydrogen (secondary N) is 1. The van der Waals surface area contributed by atoms with Crippen molar-refractivity contribution in [3.63, 3.8) is 0 Å². The summed E-state index contributed by atoms with van der Waals surface area (Å²) in [7, 11) is 0. The Kier molecular flexibility index (Phi) is 5.13. The fourth-order valence-electron chi connectivity index (χ4n) is 2.94. The highest BCUT2D eigenvalue weighted by molar-refractivity contribution is 5.37. The van der Waals surface area contributed by atoms with Crippen molar-refractivity contribution < 1.29 is 13.2 Å². The number of halogens is 3. The third-order valence-corrected chi connectivity index (χ3v) is 4.33. The van der Waals surface area contributed by atoms with Crippen LogP contribution in [0.4, 0.5) is 13.2 Å². The zero-order chi connectivity index (χ0) is 18.7. The Morgan fingerprint density at radius 2 is 1.69 bits per heavy atom. The van der Waals surface area contributed by atoms with Crippen molar-refractivity contribution in [3.05, 3.63) is 82.7 Å². The van der Waals surface area contributed by atoms with Crippen LogP contribution in [0, 0.1) is 13.8 Å². The number of rotatable bonds is 5. The molecule has 1 aromatic heterocycles. The third-order valence-electron chi connectivity index (χ3n) is 4.33. The molecule has 3 rings (SSSR count). The van der Waals surface area contributed by atoms with Crippen LogP contribution in [-0.4, -0.2) is 9.78 Å². The van der Waals surface area contributed by atoms with Gasteiger partial charge in [-0.2, -0.15) is 18.3 Å². The predicted molar refractivity (Wildman–Crippen MR) is 95.0 cm³/mol. The summed E-state index contributed by atoms with van der Waals surface area (Å²) in [5.74, 6) is 0. The molecule has 0 saturated heterocycles. The maximum absolute atomic E-state index is 12.8. The van der Waals surface area contributed by atoms with E-state index in [2.05, 4.69) is 10.4 Å². The molecule has 0 fully saturated rings. The second-order valence-electron chi connectivity index (χ2n) is 6.20. The number of aryl methyl sites for hydroxylation is 1. The highest BCUT2D eigenvalue weighted by atomic mass is 19.4. The normalized spacial score (nSPS) is 11.7. The quantitative estimate of drug-likeness (QED) is 0.709. The smallest absolute Gasteiger partial charge is 0.308 e. The first kappa shape index (κ1) is 18.2. The van der Waals surface area contributed by atoms with Gasteiger partial charge in [0.05, 0.1) is 16.9 Å². The molecule has 0 aliphatic heterocycles. The average molecular weight is 359 g/mol. The Hall–Kier alpha value is -2.60. The number of aromatic nitrogens is 2. The van der Waals surface area contributed by atoms with Gasteiger partial charge in [0.1, 0.15) is 0 Å². The molecule has 6 heteroatoms. The van der Waals surface area contributed by atoms with Crippen molar-refractivity contribution >= 4 is 0 Å². The van der Waals surface area contributed by atoms with E-state index in [0.29, 0.717) is 18.7 Å². The first-order valence-corrected chi connectivity index (χ1v) is 8.33. The van der Waals surface area contributed by atoms with E-state index < -0.39 is 11.7 Å². The maximum Gasteiger partial charge on any atom is 0.416 e. The van der Waals surface area contributed by atoms with E-state index in [0.717, 1.165) is 28.7 Å². The minimum atomic E-state index is -4.32. The zero-order valence-corrected chi connectivity index (χ0v) is 14.6. The van der Waals surface area contributed by atoms with Gasteiger partial charge in [0, 0.05) is 24.3 Å². The van der Waals surface area contributed by atoms with Crippen molar-refractivity contribution in [2.24, 2.45) is 0 Å². The molecular formula is C20H20F3N3. The maximum atomic E-state index is 12.8. The summed E-state index contributed by atoms with van der Waals surface area (Å²) in [6, 6.07) is 15.2. The lowest BCUT2D eigenvalue weighted by Crippen LogP contribution is -2.15. The highest BCUT2D eigenvalue weighted by Crippen LogP contribution is 2.29. The first-order chi connectivity index (χ1) is 12.4. The van der Waals surface area contributed by atoms with Crippen LogP contribution in [0.15, 0.2) is 54.6 Å². The molecule has 3 nitrogen and oxygen atoms in total. The lowest BCUT2D eigenvalue weighted by molar-refractivity contribution is -0.137. The Labute approximate surface area is 150 Å². The van der Waals surface area contributed by atoms with Gasteiger partial charge in [-0.15, -0.1) is 0 Å². The molecule has 0 bridgehead atoms. The van der Waals surface area contributed by atoms with E-state index in [1.54, 1.807) is 6.07 Å². The molecule has 0 unspecified atom stereocenters. The molecule has 0 spiro atoms. The van der Waals surface area contributed by atoms with Crippen LogP contribution in [-0.2, 0) is 19.3 Å². The van der Waals surface area contributed by atoms with Crippen molar-refractivity contribution in [2.75, 3.05) is 0 Å². The molecule has 0 atom stereocenters. The van der Waals surface area contributed by atoms with Crippen molar-refractivity contribution in [3.8, 4) is 5.69 Å². The summed E-state index contributed by atoms with van der Waals surface area (Å²) in [6.07, 6.45) is -4.32.